The lowest BCUT2D eigenvalue weighted by molar-refractivity contribution is -0.161. The minimum Gasteiger partial charge on any atom is -0.462 e. The first-order valence-electron chi connectivity index (χ1n) is 17.2. The van der Waals surface area contributed by atoms with Crippen LogP contribution in [0.15, 0.2) is 60.8 Å². The monoisotopic (exact) mass is 684 g/mol. The summed E-state index contributed by atoms with van der Waals surface area (Å²) in [5.74, 6) is -0.986. The van der Waals surface area contributed by atoms with Gasteiger partial charge in [-0.2, -0.15) is 0 Å². The Kier molecular flexibility index (Phi) is 30.6. The number of ether oxygens (including phenoxy) is 2. The van der Waals surface area contributed by atoms with Crippen LogP contribution in [0.3, 0.4) is 0 Å². The Balaban J connectivity index is 4.38. The van der Waals surface area contributed by atoms with E-state index in [1.807, 2.05) is 0 Å². The maximum Gasteiger partial charge on any atom is 0.472 e. The van der Waals surface area contributed by atoms with Crippen molar-refractivity contribution in [3.8, 4) is 0 Å². The van der Waals surface area contributed by atoms with Crippen molar-refractivity contribution >= 4 is 19.8 Å². The zero-order valence-electron chi connectivity index (χ0n) is 28.7. The van der Waals surface area contributed by atoms with Crippen molar-refractivity contribution in [2.75, 3.05) is 26.4 Å². The van der Waals surface area contributed by atoms with Crippen LogP contribution in [0.2, 0.25) is 0 Å². The highest BCUT2D eigenvalue weighted by Gasteiger charge is 2.27. The van der Waals surface area contributed by atoms with E-state index in [0.29, 0.717) is 12.8 Å². The van der Waals surface area contributed by atoms with E-state index < -0.39 is 51.8 Å². The van der Waals surface area contributed by atoms with Crippen LogP contribution >= 0.6 is 7.82 Å². The highest BCUT2D eigenvalue weighted by atomic mass is 31.2. The van der Waals surface area contributed by atoms with Crippen LogP contribution in [-0.2, 0) is 32.7 Å². The van der Waals surface area contributed by atoms with E-state index in [2.05, 4.69) is 79.1 Å². The number of unbranched alkanes of at least 4 members (excludes halogenated alkanes) is 7. The van der Waals surface area contributed by atoms with E-state index in [0.717, 1.165) is 77.0 Å². The summed E-state index contributed by atoms with van der Waals surface area (Å²) in [5, 5.41) is 18.2. The van der Waals surface area contributed by atoms with E-state index in [-0.39, 0.29) is 19.4 Å². The van der Waals surface area contributed by atoms with E-state index in [1.54, 1.807) is 0 Å². The summed E-state index contributed by atoms with van der Waals surface area (Å²) in [6, 6.07) is 0. The smallest absolute Gasteiger partial charge is 0.462 e. The van der Waals surface area contributed by atoms with Gasteiger partial charge in [0.15, 0.2) is 6.10 Å². The minimum absolute atomic E-state index is 0.142. The highest BCUT2D eigenvalue weighted by Crippen LogP contribution is 2.43. The molecule has 0 aromatic heterocycles. The molecule has 0 aromatic rings. The zero-order chi connectivity index (χ0) is 34.9. The van der Waals surface area contributed by atoms with E-state index in [9.17, 15) is 24.2 Å². The molecule has 0 aliphatic carbocycles. The molecule has 3 N–H and O–H groups in total. The number of rotatable bonds is 31. The predicted octanol–water partition coefficient (Wildman–Crippen LogP) is 7.99. The van der Waals surface area contributed by atoms with Gasteiger partial charge in [0.1, 0.15) is 12.7 Å². The number of phosphoric acid groups is 1. The molecular formula is C36H61O10P. The number of carbonyl (C=O) groups is 2. The average Bonchev–Trinajstić information content (AvgIpc) is 3.05. The van der Waals surface area contributed by atoms with Crippen molar-refractivity contribution in [1.29, 1.82) is 0 Å². The van der Waals surface area contributed by atoms with Gasteiger partial charge in [-0.3, -0.25) is 18.6 Å². The first kappa shape index (κ1) is 44.7. The Hall–Kier alpha value is -2.33. The van der Waals surface area contributed by atoms with Gasteiger partial charge in [-0.15, -0.1) is 0 Å². The van der Waals surface area contributed by atoms with Gasteiger partial charge in [-0.05, 0) is 57.8 Å². The molecule has 0 saturated carbocycles. The third kappa shape index (κ3) is 32.0. The standard InChI is InChI=1S/C36H61O10P/c1-3-5-7-9-10-11-12-13-14-15-16-17-18-19-20-21-22-24-26-28-36(40)46-34(31-43-35(39)27-25-23-8-6-4-2)32-45-47(41,42)44-30-33(38)29-37/h5,7,10-11,13-14,16-17,19-20,33-34,37-38H,3-4,6,8-9,12,15,18,21-32H2,1-2H3,(H,41,42)/b7-5-,11-10-,14-13-,17-16-,20-19-. The maximum absolute atomic E-state index is 12.5. The van der Waals surface area contributed by atoms with Gasteiger partial charge in [0.05, 0.1) is 19.8 Å². The molecule has 10 nitrogen and oxygen atoms in total. The molecule has 270 valence electrons. The molecule has 0 heterocycles. The number of hydrogen-bond acceptors (Lipinski definition) is 9. The lowest BCUT2D eigenvalue weighted by Gasteiger charge is -2.20. The number of aliphatic hydroxyl groups excluding tert-OH is 2. The molecule has 0 spiro atoms. The minimum atomic E-state index is -4.61. The van der Waals surface area contributed by atoms with Crippen LogP contribution in [0.25, 0.3) is 0 Å². The number of aliphatic hydroxyl groups is 2. The van der Waals surface area contributed by atoms with Gasteiger partial charge in [-0.1, -0.05) is 107 Å². The van der Waals surface area contributed by atoms with Crippen molar-refractivity contribution in [2.45, 2.75) is 129 Å². The van der Waals surface area contributed by atoms with Gasteiger partial charge in [0.2, 0.25) is 0 Å². The van der Waals surface area contributed by atoms with Crippen molar-refractivity contribution < 1.29 is 47.8 Å². The molecule has 0 radical (unpaired) electrons. The third-order valence-electron chi connectivity index (χ3n) is 6.69. The van der Waals surface area contributed by atoms with Crippen LogP contribution < -0.4 is 0 Å². The van der Waals surface area contributed by atoms with Crippen molar-refractivity contribution in [3.05, 3.63) is 60.8 Å². The van der Waals surface area contributed by atoms with Gasteiger partial charge < -0.3 is 24.6 Å². The summed E-state index contributed by atoms with van der Waals surface area (Å²) in [4.78, 5) is 34.4. The van der Waals surface area contributed by atoms with Crippen LogP contribution in [0, 0.1) is 0 Å². The first-order chi connectivity index (χ1) is 22.7. The molecule has 3 atom stereocenters. The number of hydrogen-bond donors (Lipinski definition) is 3. The number of carbonyl (C=O) groups excluding carboxylic acids is 2. The first-order valence-corrected chi connectivity index (χ1v) is 18.7. The maximum atomic E-state index is 12.5. The van der Waals surface area contributed by atoms with Gasteiger partial charge in [-0.25, -0.2) is 4.57 Å². The largest absolute Gasteiger partial charge is 0.472 e. The quantitative estimate of drug-likeness (QED) is 0.0284. The summed E-state index contributed by atoms with van der Waals surface area (Å²) in [6.07, 6.45) is 32.5. The van der Waals surface area contributed by atoms with Crippen molar-refractivity contribution in [1.82, 2.24) is 0 Å². The van der Waals surface area contributed by atoms with Crippen LogP contribution in [-0.4, -0.2) is 65.7 Å². The second-order valence-electron chi connectivity index (χ2n) is 11.2. The van der Waals surface area contributed by atoms with Crippen molar-refractivity contribution in [3.63, 3.8) is 0 Å². The average molecular weight is 685 g/mol. The number of phosphoric ester groups is 1. The summed E-state index contributed by atoms with van der Waals surface area (Å²) >= 11 is 0. The fourth-order valence-corrected chi connectivity index (χ4v) is 4.81. The number of esters is 2. The second-order valence-corrected chi connectivity index (χ2v) is 12.6. The van der Waals surface area contributed by atoms with Gasteiger partial charge >= 0.3 is 19.8 Å². The second kappa shape index (κ2) is 32.2. The Bertz CT molecular complexity index is 973. The lowest BCUT2D eigenvalue weighted by atomic mass is 10.1. The van der Waals surface area contributed by atoms with E-state index >= 15 is 0 Å². The Labute approximate surface area is 283 Å². The summed E-state index contributed by atoms with van der Waals surface area (Å²) in [7, 11) is -4.61. The fraction of sp³-hybridized carbons (Fsp3) is 0.667. The predicted molar refractivity (Wildman–Crippen MR) is 187 cm³/mol. The zero-order valence-corrected chi connectivity index (χ0v) is 29.6. The third-order valence-corrected chi connectivity index (χ3v) is 7.64. The summed E-state index contributed by atoms with van der Waals surface area (Å²) in [6.45, 7) is 2.08. The molecule has 0 aromatic carbocycles. The van der Waals surface area contributed by atoms with Gasteiger partial charge in [0.25, 0.3) is 0 Å². The normalized spacial score (nSPS) is 14.9. The summed E-state index contributed by atoms with van der Waals surface area (Å²) in [5.41, 5.74) is 0. The van der Waals surface area contributed by atoms with Crippen LogP contribution in [0.5, 0.6) is 0 Å². The highest BCUT2D eigenvalue weighted by molar-refractivity contribution is 7.47. The molecule has 0 aliphatic heterocycles. The molecule has 0 amide bonds. The Morgan fingerprint density at radius 1 is 0.660 bits per heavy atom. The molecule has 0 rings (SSSR count). The SMILES string of the molecule is CC/C=C\C/C=C\C/C=C\C/C=C\C/C=C\CCCCCC(=O)OC(COC(=O)CCCCCCC)COP(=O)(O)OCC(O)CO. The molecule has 47 heavy (non-hydrogen) atoms. The molecule has 0 aliphatic rings. The topological polar surface area (TPSA) is 149 Å². The number of allylic oxidation sites excluding steroid dienone is 10. The lowest BCUT2D eigenvalue weighted by Crippen LogP contribution is -2.29. The van der Waals surface area contributed by atoms with Crippen LogP contribution in [0.1, 0.15) is 117 Å². The Morgan fingerprint density at radius 3 is 1.74 bits per heavy atom. The van der Waals surface area contributed by atoms with Crippen LogP contribution in [0.4, 0.5) is 0 Å². The van der Waals surface area contributed by atoms with Crippen molar-refractivity contribution in [2.24, 2.45) is 0 Å². The summed E-state index contributed by atoms with van der Waals surface area (Å²) < 4.78 is 32.3. The Morgan fingerprint density at radius 2 is 1.17 bits per heavy atom. The molecule has 3 unspecified atom stereocenters. The molecule has 11 heteroatoms. The molecule has 0 fully saturated rings. The molecule has 0 bridgehead atoms. The van der Waals surface area contributed by atoms with Gasteiger partial charge in [0, 0.05) is 12.8 Å². The molecular weight excluding hydrogens is 623 g/mol. The fourth-order valence-electron chi connectivity index (χ4n) is 4.02. The van der Waals surface area contributed by atoms with E-state index in [1.165, 1.54) is 0 Å². The molecule has 0 saturated heterocycles. The van der Waals surface area contributed by atoms with E-state index in [4.69, 9.17) is 19.1 Å².